The third-order valence-corrected chi connectivity index (χ3v) is 7.81. The largest absolute Gasteiger partial charge is 0.507 e. The predicted octanol–water partition coefficient (Wildman–Crippen LogP) is 5.62. The van der Waals surface area contributed by atoms with Crippen LogP contribution in [0, 0.1) is 11.8 Å². The highest BCUT2D eigenvalue weighted by Gasteiger charge is 2.27. The van der Waals surface area contributed by atoms with Gasteiger partial charge >= 0.3 is 0 Å². The third kappa shape index (κ3) is 11.5. The molecule has 2 rings (SSSR count). The van der Waals surface area contributed by atoms with Gasteiger partial charge in [0, 0.05) is 11.8 Å². The van der Waals surface area contributed by atoms with E-state index in [1.165, 1.54) is 12.1 Å². The van der Waals surface area contributed by atoms with Crippen LogP contribution in [0.1, 0.15) is 124 Å². The molecule has 6 N–H and O–H groups in total. The summed E-state index contributed by atoms with van der Waals surface area (Å²) in [5.74, 6) is -3.66. The first-order valence-electron chi connectivity index (χ1n) is 16.0. The van der Waals surface area contributed by atoms with E-state index in [0.717, 1.165) is 68.9 Å². The highest BCUT2D eigenvalue weighted by atomic mass is 16.3. The van der Waals surface area contributed by atoms with Crippen LogP contribution >= 0.6 is 0 Å². The van der Waals surface area contributed by atoms with Gasteiger partial charge in [-0.3, -0.25) is 40.9 Å². The fourth-order valence-electron chi connectivity index (χ4n) is 4.98. The molecule has 2 unspecified atom stereocenters. The van der Waals surface area contributed by atoms with Gasteiger partial charge in [-0.25, -0.2) is 0 Å². The first-order valence-corrected chi connectivity index (χ1v) is 16.0. The average molecular weight is 611 g/mol. The molecule has 2 aromatic rings. The van der Waals surface area contributed by atoms with Gasteiger partial charge in [0.1, 0.15) is 11.5 Å². The van der Waals surface area contributed by atoms with Crippen LogP contribution in [-0.4, -0.2) is 33.8 Å². The number of carbonyl (C=O) groups is 4. The minimum atomic E-state index is -0.633. The summed E-state index contributed by atoms with van der Waals surface area (Å²) in [6, 6.07) is 9.73. The Morgan fingerprint density at radius 1 is 0.614 bits per heavy atom. The molecular formula is C34H50N4O6. The second kappa shape index (κ2) is 19.2. The molecule has 0 fully saturated rings. The van der Waals surface area contributed by atoms with Crippen molar-refractivity contribution < 1.29 is 29.4 Å². The molecule has 0 aliphatic carbocycles. The number of benzene rings is 2. The van der Waals surface area contributed by atoms with Crippen molar-refractivity contribution in [3.8, 4) is 11.5 Å². The van der Waals surface area contributed by atoms with E-state index in [0.29, 0.717) is 12.8 Å². The van der Waals surface area contributed by atoms with Crippen molar-refractivity contribution in [1.29, 1.82) is 0 Å². The summed E-state index contributed by atoms with van der Waals surface area (Å²) in [6.45, 7) is 8.02. The maximum atomic E-state index is 13.2. The Kier molecular flexibility index (Phi) is 15.8. The Balaban J connectivity index is 2.04. The van der Waals surface area contributed by atoms with Gasteiger partial charge in [0.2, 0.25) is 11.8 Å². The molecule has 0 spiro atoms. The van der Waals surface area contributed by atoms with Gasteiger partial charge < -0.3 is 10.2 Å². The van der Waals surface area contributed by atoms with E-state index < -0.39 is 35.5 Å². The summed E-state index contributed by atoms with van der Waals surface area (Å²) in [7, 11) is 0. The Labute approximate surface area is 261 Å². The minimum Gasteiger partial charge on any atom is -0.507 e. The number of aryl methyl sites for hydroxylation is 2. The van der Waals surface area contributed by atoms with Crippen LogP contribution in [-0.2, 0) is 22.4 Å². The summed E-state index contributed by atoms with van der Waals surface area (Å²) in [6.07, 6.45) is 9.22. The summed E-state index contributed by atoms with van der Waals surface area (Å²) in [5.41, 5.74) is 11.7. The standard InChI is InChI=1S/C34H50N4O6/c1-5-9-12-15-26(32(42)36-38-34(44)28-21-24(14-11-7-3)17-19-30(28)40)22-25(8-4)31(41)35-37-33(43)27-20-23(13-10-6-2)16-18-29(27)39/h16-21,25-26,39-40H,5-15,22H2,1-4H3,(H,35,41)(H,36,42)(H,37,43)(H,38,44). The lowest BCUT2D eigenvalue weighted by Crippen LogP contribution is -2.47. The molecule has 10 heteroatoms. The molecule has 0 saturated heterocycles. The lowest BCUT2D eigenvalue weighted by molar-refractivity contribution is -0.129. The first kappa shape index (κ1) is 36.1. The van der Waals surface area contributed by atoms with Crippen molar-refractivity contribution in [2.75, 3.05) is 0 Å². The van der Waals surface area contributed by atoms with Gasteiger partial charge in [-0.1, -0.05) is 71.9 Å². The number of phenolic OH excluding ortho intramolecular Hbond substituents is 2. The summed E-state index contributed by atoms with van der Waals surface area (Å²) < 4.78 is 0. The number of nitrogens with one attached hydrogen (secondary N) is 4. The Morgan fingerprint density at radius 3 is 1.50 bits per heavy atom. The second-order valence-corrected chi connectivity index (χ2v) is 11.3. The maximum absolute atomic E-state index is 13.2. The van der Waals surface area contributed by atoms with Crippen molar-refractivity contribution >= 4 is 23.6 Å². The van der Waals surface area contributed by atoms with E-state index in [1.54, 1.807) is 24.3 Å². The van der Waals surface area contributed by atoms with Crippen LogP contribution < -0.4 is 21.7 Å². The molecule has 0 radical (unpaired) electrons. The lowest BCUT2D eigenvalue weighted by Gasteiger charge is -2.22. The maximum Gasteiger partial charge on any atom is 0.273 e. The van der Waals surface area contributed by atoms with Crippen molar-refractivity contribution in [2.24, 2.45) is 11.8 Å². The number of hydrazine groups is 2. The van der Waals surface area contributed by atoms with Crippen molar-refractivity contribution in [3.63, 3.8) is 0 Å². The van der Waals surface area contributed by atoms with Gasteiger partial charge in [0.15, 0.2) is 0 Å². The summed E-state index contributed by atoms with van der Waals surface area (Å²) in [4.78, 5) is 51.9. The van der Waals surface area contributed by atoms with E-state index in [-0.39, 0.29) is 29.0 Å². The average Bonchev–Trinajstić information content (AvgIpc) is 3.02. The molecule has 0 bridgehead atoms. The molecular weight excluding hydrogens is 560 g/mol. The smallest absolute Gasteiger partial charge is 0.273 e. The summed E-state index contributed by atoms with van der Waals surface area (Å²) >= 11 is 0. The van der Waals surface area contributed by atoms with Crippen molar-refractivity contribution in [3.05, 3.63) is 58.7 Å². The monoisotopic (exact) mass is 610 g/mol. The predicted molar refractivity (Wildman–Crippen MR) is 171 cm³/mol. The molecule has 0 aliphatic heterocycles. The van der Waals surface area contributed by atoms with E-state index >= 15 is 0 Å². The van der Waals surface area contributed by atoms with Gasteiger partial charge in [0.05, 0.1) is 11.1 Å². The number of unbranched alkanes of at least 4 members (excludes halogenated alkanes) is 4. The Bertz CT molecular complexity index is 1250. The third-order valence-electron chi connectivity index (χ3n) is 7.81. The number of carbonyl (C=O) groups excluding carboxylic acids is 4. The van der Waals surface area contributed by atoms with Crippen LogP contribution in [0.15, 0.2) is 36.4 Å². The molecule has 0 heterocycles. The zero-order chi connectivity index (χ0) is 32.5. The van der Waals surface area contributed by atoms with Crippen LogP contribution in [0.2, 0.25) is 0 Å². The van der Waals surface area contributed by atoms with Gasteiger partial charge in [-0.15, -0.1) is 0 Å². The molecule has 2 aromatic carbocycles. The first-order chi connectivity index (χ1) is 21.1. The zero-order valence-corrected chi connectivity index (χ0v) is 26.6. The van der Waals surface area contributed by atoms with E-state index in [2.05, 4.69) is 42.5 Å². The van der Waals surface area contributed by atoms with Gasteiger partial charge in [-0.2, -0.15) is 0 Å². The number of hydrogen-bond acceptors (Lipinski definition) is 6. The fourth-order valence-corrected chi connectivity index (χ4v) is 4.98. The van der Waals surface area contributed by atoms with Gasteiger partial charge in [-0.05, 0) is 80.3 Å². The number of hydrogen-bond donors (Lipinski definition) is 6. The lowest BCUT2D eigenvalue weighted by atomic mass is 9.88. The highest BCUT2D eigenvalue weighted by molar-refractivity contribution is 5.99. The highest BCUT2D eigenvalue weighted by Crippen LogP contribution is 2.23. The van der Waals surface area contributed by atoms with E-state index in [1.807, 2.05) is 6.92 Å². The van der Waals surface area contributed by atoms with E-state index in [4.69, 9.17) is 0 Å². The molecule has 2 atom stereocenters. The summed E-state index contributed by atoms with van der Waals surface area (Å²) in [5, 5.41) is 20.4. The molecule has 10 nitrogen and oxygen atoms in total. The molecule has 0 aliphatic rings. The SMILES string of the molecule is CCCCCC(CC(CC)C(=O)NNC(=O)c1cc(CCCC)ccc1O)C(=O)NNC(=O)c1cc(CCCC)ccc1O. The molecule has 4 amide bonds. The number of phenols is 2. The topological polar surface area (TPSA) is 157 Å². The van der Waals surface area contributed by atoms with Gasteiger partial charge in [0.25, 0.3) is 11.8 Å². The minimum absolute atomic E-state index is 0.0708. The second-order valence-electron chi connectivity index (χ2n) is 11.3. The van der Waals surface area contributed by atoms with Crippen LogP contribution in [0.25, 0.3) is 0 Å². The quantitative estimate of drug-likeness (QED) is 0.101. The molecule has 242 valence electrons. The fraction of sp³-hybridized carbons (Fsp3) is 0.529. The van der Waals surface area contributed by atoms with Crippen molar-refractivity contribution in [1.82, 2.24) is 21.7 Å². The molecule has 0 saturated carbocycles. The molecule has 0 aromatic heterocycles. The molecule has 44 heavy (non-hydrogen) atoms. The number of aromatic hydroxyl groups is 2. The Hall–Kier alpha value is -4.08. The van der Waals surface area contributed by atoms with Crippen molar-refractivity contribution in [2.45, 2.75) is 105 Å². The van der Waals surface area contributed by atoms with Crippen LogP contribution in [0.4, 0.5) is 0 Å². The van der Waals surface area contributed by atoms with Crippen LogP contribution in [0.5, 0.6) is 11.5 Å². The zero-order valence-electron chi connectivity index (χ0n) is 26.6. The number of amides is 4. The number of rotatable bonds is 17. The Morgan fingerprint density at radius 2 is 1.07 bits per heavy atom. The van der Waals surface area contributed by atoms with E-state index in [9.17, 15) is 29.4 Å². The normalized spacial score (nSPS) is 12.2. The van der Waals surface area contributed by atoms with Crippen LogP contribution in [0.3, 0.4) is 0 Å².